The number of rotatable bonds is 6. The van der Waals surface area contributed by atoms with E-state index in [9.17, 15) is 18.0 Å². The third-order valence-corrected chi connectivity index (χ3v) is 5.07. The molecular formula is C18H21ClF3N5O2S. The Morgan fingerprint density at radius 3 is 2.60 bits per heavy atom. The maximum Gasteiger partial charge on any atom is 0.451 e. The summed E-state index contributed by atoms with van der Waals surface area (Å²) in [4.78, 5) is 28.3. The number of aromatic nitrogens is 4. The van der Waals surface area contributed by atoms with E-state index in [1.165, 1.54) is 17.8 Å². The van der Waals surface area contributed by atoms with E-state index in [-0.39, 0.29) is 24.2 Å². The van der Waals surface area contributed by atoms with Gasteiger partial charge in [0.25, 0.3) is 0 Å². The number of carbonyl (C=O) groups is 1. The average molecular weight is 464 g/mol. The van der Waals surface area contributed by atoms with Crippen molar-refractivity contribution >= 4 is 30.0 Å². The topological polar surface area (TPSA) is 89.9 Å². The van der Waals surface area contributed by atoms with Crippen molar-refractivity contribution in [1.82, 2.24) is 25.3 Å². The van der Waals surface area contributed by atoms with Crippen LogP contribution in [0.3, 0.4) is 0 Å². The third kappa shape index (κ3) is 5.79. The molecule has 1 aliphatic heterocycles. The van der Waals surface area contributed by atoms with Gasteiger partial charge in [0.1, 0.15) is 0 Å². The summed E-state index contributed by atoms with van der Waals surface area (Å²) in [5, 5.41) is 3.86. The summed E-state index contributed by atoms with van der Waals surface area (Å²) in [6, 6.07) is 1.18. The SMILES string of the molecule is CSc1nc(C)c(C(=O)COc2ccnc(C(F)(F)F)n2)c(C2CCNCC2)n1.Cl. The molecule has 0 aliphatic carbocycles. The zero-order valence-corrected chi connectivity index (χ0v) is 18.0. The smallest absolute Gasteiger partial charge is 0.451 e. The number of Topliss-reactive ketones (excluding diaryl/α,β-unsaturated/α-hetero) is 1. The number of hydrogen-bond donors (Lipinski definition) is 1. The molecule has 0 aromatic carbocycles. The highest BCUT2D eigenvalue weighted by molar-refractivity contribution is 7.98. The van der Waals surface area contributed by atoms with Crippen molar-refractivity contribution in [2.24, 2.45) is 0 Å². The highest BCUT2D eigenvalue weighted by Crippen LogP contribution is 2.30. The Hall–Kier alpha value is -1.98. The minimum atomic E-state index is -4.69. The van der Waals surface area contributed by atoms with Gasteiger partial charge in [-0.25, -0.2) is 15.0 Å². The van der Waals surface area contributed by atoms with E-state index in [0.717, 1.165) is 32.1 Å². The zero-order chi connectivity index (χ0) is 21.0. The van der Waals surface area contributed by atoms with Crippen LogP contribution in [0.1, 0.15) is 46.3 Å². The van der Waals surface area contributed by atoms with Gasteiger partial charge in [-0.1, -0.05) is 11.8 Å². The second kappa shape index (κ2) is 10.4. The van der Waals surface area contributed by atoms with Crippen molar-refractivity contribution in [1.29, 1.82) is 0 Å². The van der Waals surface area contributed by atoms with Gasteiger partial charge in [-0.2, -0.15) is 18.2 Å². The van der Waals surface area contributed by atoms with Crippen molar-refractivity contribution < 1.29 is 22.7 Å². The molecule has 164 valence electrons. The van der Waals surface area contributed by atoms with Gasteiger partial charge in [-0.3, -0.25) is 4.79 Å². The van der Waals surface area contributed by atoms with Crippen LogP contribution in [0.4, 0.5) is 13.2 Å². The summed E-state index contributed by atoms with van der Waals surface area (Å²) in [5.74, 6) is -1.92. The van der Waals surface area contributed by atoms with Crippen molar-refractivity contribution in [3.05, 3.63) is 35.0 Å². The van der Waals surface area contributed by atoms with Crippen molar-refractivity contribution in [3.8, 4) is 5.88 Å². The predicted octanol–water partition coefficient (Wildman–Crippen LogP) is 3.47. The fourth-order valence-corrected chi connectivity index (χ4v) is 3.58. The highest BCUT2D eigenvalue weighted by Gasteiger charge is 2.35. The van der Waals surface area contributed by atoms with Gasteiger partial charge < -0.3 is 10.1 Å². The van der Waals surface area contributed by atoms with Gasteiger partial charge in [-0.05, 0) is 39.1 Å². The molecule has 0 radical (unpaired) electrons. The zero-order valence-electron chi connectivity index (χ0n) is 16.3. The van der Waals surface area contributed by atoms with Crippen molar-refractivity contribution in [2.75, 3.05) is 26.0 Å². The lowest BCUT2D eigenvalue weighted by atomic mass is 9.89. The Morgan fingerprint density at radius 2 is 1.97 bits per heavy atom. The highest BCUT2D eigenvalue weighted by atomic mass is 35.5. The van der Waals surface area contributed by atoms with Gasteiger partial charge in [0.15, 0.2) is 11.8 Å². The van der Waals surface area contributed by atoms with Crippen LogP contribution >= 0.6 is 24.2 Å². The van der Waals surface area contributed by atoms with Crippen LogP contribution in [-0.2, 0) is 6.18 Å². The third-order valence-electron chi connectivity index (χ3n) is 4.52. The molecular weight excluding hydrogens is 443 g/mol. The molecule has 30 heavy (non-hydrogen) atoms. The normalized spacial score (nSPS) is 14.8. The van der Waals surface area contributed by atoms with Crippen LogP contribution in [0, 0.1) is 6.92 Å². The molecule has 0 amide bonds. The maximum absolute atomic E-state index is 12.9. The Kier molecular flexibility index (Phi) is 8.39. The van der Waals surface area contributed by atoms with E-state index in [0.29, 0.717) is 22.1 Å². The summed E-state index contributed by atoms with van der Waals surface area (Å²) in [6.07, 6.45) is -0.210. The second-order valence-corrected chi connectivity index (χ2v) is 7.28. The summed E-state index contributed by atoms with van der Waals surface area (Å²) < 4.78 is 43.5. The number of halogens is 4. The average Bonchev–Trinajstić information content (AvgIpc) is 2.71. The fraction of sp³-hybridized carbons (Fsp3) is 0.500. The molecule has 0 spiro atoms. The lowest BCUT2D eigenvalue weighted by Gasteiger charge is -2.24. The molecule has 1 aliphatic rings. The Bertz CT molecular complexity index is 895. The molecule has 1 fully saturated rings. The number of aryl methyl sites for hydroxylation is 1. The molecule has 0 atom stereocenters. The Morgan fingerprint density at radius 1 is 1.27 bits per heavy atom. The number of carbonyl (C=O) groups excluding carboxylic acids is 1. The van der Waals surface area contributed by atoms with E-state index >= 15 is 0 Å². The number of thioether (sulfide) groups is 1. The second-order valence-electron chi connectivity index (χ2n) is 6.51. The van der Waals surface area contributed by atoms with Crippen molar-refractivity contribution in [2.45, 2.75) is 37.0 Å². The number of nitrogens with one attached hydrogen (secondary N) is 1. The maximum atomic E-state index is 12.9. The van der Waals surface area contributed by atoms with E-state index in [1.54, 1.807) is 6.92 Å². The van der Waals surface area contributed by atoms with Crippen LogP contribution in [-0.4, -0.2) is 51.7 Å². The van der Waals surface area contributed by atoms with Crippen LogP contribution < -0.4 is 10.1 Å². The van der Waals surface area contributed by atoms with Crippen LogP contribution in [0.2, 0.25) is 0 Å². The first-order chi connectivity index (χ1) is 13.8. The number of alkyl halides is 3. The van der Waals surface area contributed by atoms with Crippen LogP contribution in [0.25, 0.3) is 0 Å². The largest absolute Gasteiger partial charge is 0.469 e. The molecule has 2 aromatic heterocycles. The summed E-state index contributed by atoms with van der Waals surface area (Å²) in [6.45, 7) is 2.92. The van der Waals surface area contributed by atoms with E-state index in [2.05, 4.69) is 25.3 Å². The summed E-state index contributed by atoms with van der Waals surface area (Å²) >= 11 is 1.39. The fourth-order valence-electron chi connectivity index (χ4n) is 3.17. The lowest BCUT2D eigenvalue weighted by Crippen LogP contribution is -2.29. The number of ether oxygens (including phenoxy) is 1. The van der Waals surface area contributed by atoms with E-state index in [4.69, 9.17) is 4.74 Å². The van der Waals surface area contributed by atoms with Gasteiger partial charge in [0.2, 0.25) is 17.5 Å². The van der Waals surface area contributed by atoms with E-state index < -0.39 is 24.4 Å². The van der Waals surface area contributed by atoms with Crippen molar-refractivity contribution in [3.63, 3.8) is 0 Å². The number of nitrogens with zero attached hydrogens (tertiary/aromatic N) is 4. The molecule has 2 aromatic rings. The molecule has 1 saturated heterocycles. The van der Waals surface area contributed by atoms with Crippen LogP contribution in [0.15, 0.2) is 17.4 Å². The summed E-state index contributed by atoms with van der Waals surface area (Å²) in [7, 11) is 0. The quantitative estimate of drug-likeness (QED) is 0.395. The molecule has 3 rings (SSSR count). The molecule has 1 N–H and O–H groups in total. The van der Waals surface area contributed by atoms with Crippen LogP contribution in [0.5, 0.6) is 5.88 Å². The molecule has 3 heterocycles. The number of ketones is 1. The monoisotopic (exact) mass is 463 g/mol. The number of piperidine rings is 1. The minimum Gasteiger partial charge on any atom is -0.469 e. The van der Waals surface area contributed by atoms with Gasteiger partial charge in [0.05, 0.1) is 17.0 Å². The Balaban J connectivity index is 0.00000320. The molecule has 0 bridgehead atoms. The predicted molar refractivity (Wildman–Crippen MR) is 108 cm³/mol. The lowest BCUT2D eigenvalue weighted by molar-refractivity contribution is -0.145. The first kappa shape index (κ1) is 24.3. The van der Waals surface area contributed by atoms with Gasteiger partial charge >= 0.3 is 6.18 Å². The molecule has 12 heteroatoms. The van der Waals surface area contributed by atoms with E-state index in [1.807, 2.05) is 6.26 Å². The first-order valence-corrected chi connectivity index (χ1v) is 10.2. The minimum absolute atomic E-state index is 0. The summed E-state index contributed by atoms with van der Waals surface area (Å²) in [5.41, 5.74) is 1.58. The van der Waals surface area contributed by atoms with Gasteiger partial charge in [0, 0.05) is 18.2 Å². The standard InChI is InChI=1S/C18H20F3N5O2S.ClH/c1-10-14(15(26-17(24-10)29-2)11-3-6-22-7-4-11)12(27)9-28-13-5-8-23-16(25-13)18(19,20)21;/h5,8,11,22H,3-4,6-7,9H2,1-2H3;1H. The molecule has 0 unspecified atom stereocenters. The molecule has 0 saturated carbocycles. The van der Waals surface area contributed by atoms with Gasteiger partial charge in [-0.15, -0.1) is 12.4 Å². The number of hydrogen-bond acceptors (Lipinski definition) is 8. The Labute approximate surface area is 182 Å². The first-order valence-electron chi connectivity index (χ1n) is 8.99. The molecule has 7 nitrogen and oxygen atoms in total.